The van der Waals surface area contributed by atoms with Gasteiger partial charge in [0.1, 0.15) is 0 Å². The summed E-state index contributed by atoms with van der Waals surface area (Å²) >= 11 is 6.15. The Labute approximate surface area is 164 Å². The summed E-state index contributed by atoms with van der Waals surface area (Å²) < 4.78 is 16.1. The molecule has 144 valence electrons. The number of hydrogen-bond acceptors (Lipinski definition) is 5. The molecule has 3 rings (SSSR count). The Morgan fingerprint density at radius 3 is 2.41 bits per heavy atom. The molecular weight excluding hydrogens is 368 g/mol. The number of amides is 1. The van der Waals surface area contributed by atoms with Crippen LogP contribution in [0.15, 0.2) is 36.4 Å². The van der Waals surface area contributed by atoms with Crippen LogP contribution in [-0.2, 0) is 0 Å². The molecular formula is C20H23ClN2O4. The third kappa shape index (κ3) is 3.96. The van der Waals surface area contributed by atoms with Gasteiger partial charge < -0.3 is 24.4 Å². The van der Waals surface area contributed by atoms with Crippen LogP contribution in [0.2, 0.25) is 5.02 Å². The fraction of sp³-hybridized carbons (Fsp3) is 0.350. The van der Waals surface area contributed by atoms with E-state index in [2.05, 4.69) is 5.32 Å². The van der Waals surface area contributed by atoms with E-state index in [0.29, 0.717) is 40.9 Å². The van der Waals surface area contributed by atoms with Crippen molar-refractivity contribution in [3.8, 4) is 17.2 Å². The van der Waals surface area contributed by atoms with Crippen molar-refractivity contribution in [1.29, 1.82) is 0 Å². The first-order valence-corrected chi connectivity index (χ1v) is 9.04. The van der Waals surface area contributed by atoms with Crippen LogP contribution in [0.4, 0.5) is 0 Å². The maximum absolute atomic E-state index is 13.3. The average molecular weight is 391 g/mol. The zero-order valence-electron chi connectivity index (χ0n) is 15.6. The largest absolute Gasteiger partial charge is 0.493 e. The minimum Gasteiger partial charge on any atom is -0.493 e. The van der Waals surface area contributed by atoms with E-state index in [1.54, 1.807) is 12.1 Å². The van der Waals surface area contributed by atoms with E-state index in [-0.39, 0.29) is 11.9 Å². The van der Waals surface area contributed by atoms with E-state index >= 15 is 0 Å². The van der Waals surface area contributed by atoms with Crippen molar-refractivity contribution in [2.45, 2.75) is 6.04 Å². The predicted molar refractivity (Wildman–Crippen MR) is 104 cm³/mol. The molecule has 7 heteroatoms. The summed E-state index contributed by atoms with van der Waals surface area (Å²) in [5.74, 6) is 1.27. The van der Waals surface area contributed by atoms with Crippen LogP contribution in [0.1, 0.15) is 22.0 Å². The van der Waals surface area contributed by atoms with E-state index in [1.807, 2.05) is 29.2 Å². The molecule has 1 aliphatic rings. The average Bonchev–Trinajstić information content (AvgIpc) is 2.72. The number of ether oxygens (including phenoxy) is 3. The van der Waals surface area contributed by atoms with E-state index in [4.69, 9.17) is 25.8 Å². The van der Waals surface area contributed by atoms with Gasteiger partial charge in [-0.2, -0.15) is 0 Å². The number of hydrogen-bond donors (Lipinski definition) is 1. The van der Waals surface area contributed by atoms with Crippen LogP contribution in [0, 0.1) is 0 Å². The van der Waals surface area contributed by atoms with Crippen molar-refractivity contribution in [3.63, 3.8) is 0 Å². The maximum Gasteiger partial charge on any atom is 0.254 e. The van der Waals surface area contributed by atoms with Crippen LogP contribution >= 0.6 is 11.6 Å². The molecule has 2 aromatic rings. The lowest BCUT2D eigenvalue weighted by molar-refractivity contribution is 0.0633. The summed E-state index contributed by atoms with van der Waals surface area (Å²) in [5.41, 5.74) is 1.48. The Hall–Kier alpha value is -2.44. The van der Waals surface area contributed by atoms with Gasteiger partial charge in [0.05, 0.1) is 27.4 Å². The van der Waals surface area contributed by atoms with Gasteiger partial charge in [0, 0.05) is 30.2 Å². The highest BCUT2D eigenvalue weighted by Gasteiger charge is 2.30. The van der Waals surface area contributed by atoms with Gasteiger partial charge in [-0.05, 0) is 29.8 Å². The standard InChI is InChI=1S/C20H23ClN2O4/c1-25-17-10-14(11-18(26-2)19(17)27-3)20(24)23-8-7-22-12-16(23)13-5-4-6-15(21)9-13/h4-6,9-11,16,22H,7-8,12H2,1-3H3. The lowest BCUT2D eigenvalue weighted by atomic mass is 10.0. The van der Waals surface area contributed by atoms with Crippen LogP contribution in [0.3, 0.4) is 0 Å². The topological polar surface area (TPSA) is 60.0 Å². The molecule has 1 atom stereocenters. The first kappa shape index (κ1) is 19.3. The second-order valence-electron chi connectivity index (χ2n) is 6.19. The molecule has 0 aromatic heterocycles. The summed E-state index contributed by atoms with van der Waals surface area (Å²) in [6.07, 6.45) is 0. The normalized spacial score (nSPS) is 16.7. The molecule has 6 nitrogen and oxygen atoms in total. The second kappa shape index (κ2) is 8.50. The number of methoxy groups -OCH3 is 3. The molecule has 2 aromatic carbocycles. The molecule has 1 saturated heterocycles. The van der Waals surface area contributed by atoms with Gasteiger partial charge in [0.15, 0.2) is 11.5 Å². The van der Waals surface area contributed by atoms with Gasteiger partial charge in [0.2, 0.25) is 5.75 Å². The summed E-state index contributed by atoms with van der Waals surface area (Å²) in [6, 6.07) is 10.9. The molecule has 1 aliphatic heterocycles. The number of nitrogens with zero attached hydrogens (tertiary/aromatic N) is 1. The SMILES string of the molecule is COc1cc(C(=O)N2CCNCC2c2cccc(Cl)c2)cc(OC)c1OC. The molecule has 0 bridgehead atoms. The number of rotatable bonds is 5. The minimum absolute atomic E-state index is 0.0965. The summed E-state index contributed by atoms with van der Waals surface area (Å²) in [7, 11) is 4.60. The van der Waals surface area contributed by atoms with Gasteiger partial charge >= 0.3 is 0 Å². The van der Waals surface area contributed by atoms with E-state index in [0.717, 1.165) is 12.1 Å². The van der Waals surface area contributed by atoms with Crippen molar-refractivity contribution in [2.24, 2.45) is 0 Å². The number of carbonyl (C=O) groups is 1. The van der Waals surface area contributed by atoms with Crippen molar-refractivity contribution >= 4 is 17.5 Å². The molecule has 1 fully saturated rings. The fourth-order valence-electron chi connectivity index (χ4n) is 3.33. The summed E-state index contributed by atoms with van der Waals surface area (Å²) in [6.45, 7) is 1.98. The van der Waals surface area contributed by atoms with Crippen molar-refractivity contribution in [1.82, 2.24) is 10.2 Å². The van der Waals surface area contributed by atoms with Gasteiger partial charge in [-0.25, -0.2) is 0 Å². The Kier molecular flexibility index (Phi) is 6.08. The molecule has 0 spiro atoms. The highest BCUT2D eigenvalue weighted by molar-refractivity contribution is 6.30. The van der Waals surface area contributed by atoms with Crippen molar-refractivity contribution in [3.05, 3.63) is 52.5 Å². The maximum atomic E-state index is 13.3. The van der Waals surface area contributed by atoms with Gasteiger partial charge in [-0.15, -0.1) is 0 Å². The van der Waals surface area contributed by atoms with Gasteiger partial charge in [-0.3, -0.25) is 4.79 Å². The molecule has 1 amide bonds. The van der Waals surface area contributed by atoms with Crippen LogP contribution in [0.25, 0.3) is 0 Å². The second-order valence-corrected chi connectivity index (χ2v) is 6.62. The number of piperazine rings is 1. The molecule has 27 heavy (non-hydrogen) atoms. The Bertz CT molecular complexity index is 802. The molecule has 1 unspecified atom stereocenters. The summed E-state index contributed by atoms with van der Waals surface area (Å²) in [5, 5.41) is 4.00. The highest BCUT2D eigenvalue weighted by Crippen LogP contribution is 2.39. The first-order valence-electron chi connectivity index (χ1n) is 8.66. The Morgan fingerprint density at radius 1 is 1.11 bits per heavy atom. The number of carbonyl (C=O) groups excluding carboxylic acids is 1. The lowest BCUT2D eigenvalue weighted by Gasteiger charge is -2.37. The van der Waals surface area contributed by atoms with Gasteiger partial charge in [-0.1, -0.05) is 23.7 Å². The zero-order chi connectivity index (χ0) is 19.4. The Morgan fingerprint density at radius 2 is 1.81 bits per heavy atom. The lowest BCUT2D eigenvalue weighted by Crippen LogP contribution is -2.48. The molecule has 0 radical (unpaired) electrons. The third-order valence-corrected chi connectivity index (χ3v) is 4.88. The van der Waals surface area contributed by atoms with E-state index in [9.17, 15) is 4.79 Å². The molecule has 0 saturated carbocycles. The monoisotopic (exact) mass is 390 g/mol. The number of nitrogens with one attached hydrogen (secondary N) is 1. The van der Waals surface area contributed by atoms with Crippen LogP contribution < -0.4 is 19.5 Å². The van der Waals surface area contributed by atoms with Crippen LogP contribution in [-0.4, -0.2) is 51.8 Å². The predicted octanol–water partition coefficient (Wildman–Crippen LogP) is 3.15. The number of halogens is 1. The molecule has 1 N–H and O–H groups in total. The van der Waals surface area contributed by atoms with E-state index < -0.39 is 0 Å². The quantitative estimate of drug-likeness (QED) is 0.849. The van der Waals surface area contributed by atoms with Crippen molar-refractivity contribution < 1.29 is 19.0 Å². The summed E-state index contributed by atoms with van der Waals surface area (Å²) in [4.78, 5) is 15.2. The third-order valence-electron chi connectivity index (χ3n) is 4.65. The van der Waals surface area contributed by atoms with Crippen LogP contribution in [0.5, 0.6) is 17.2 Å². The van der Waals surface area contributed by atoms with Gasteiger partial charge in [0.25, 0.3) is 5.91 Å². The smallest absolute Gasteiger partial charge is 0.254 e. The zero-order valence-corrected chi connectivity index (χ0v) is 16.4. The Balaban J connectivity index is 1.97. The first-order chi connectivity index (χ1) is 13.1. The fourth-order valence-corrected chi connectivity index (χ4v) is 3.53. The molecule has 1 heterocycles. The highest BCUT2D eigenvalue weighted by atomic mass is 35.5. The number of benzene rings is 2. The van der Waals surface area contributed by atoms with E-state index in [1.165, 1.54) is 21.3 Å². The van der Waals surface area contributed by atoms with Crippen molar-refractivity contribution in [2.75, 3.05) is 41.0 Å². The molecule has 0 aliphatic carbocycles. The minimum atomic E-state index is -0.107.